The van der Waals surface area contributed by atoms with Crippen molar-refractivity contribution < 1.29 is 4.74 Å². The molecule has 2 aromatic rings. The van der Waals surface area contributed by atoms with Crippen LogP contribution in [0.25, 0.3) is 0 Å². The third-order valence-electron chi connectivity index (χ3n) is 4.09. The van der Waals surface area contributed by atoms with Gasteiger partial charge in [0.15, 0.2) is 0 Å². The normalized spacial score (nSPS) is 19.2. The van der Waals surface area contributed by atoms with Gasteiger partial charge in [0, 0.05) is 50.2 Å². The van der Waals surface area contributed by atoms with Crippen LogP contribution >= 0.6 is 11.3 Å². The number of methoxy groups -OCH3 is 1. The minimum absolute atomic E-state index is 0.428. The zero-order valence-corrected chi connectivity index (χ0v) is 13.1. The average molecular weight is 291 g/mol. The monoisotopic (exact) mass is 291 g/mol. The quantitative estimate of drug-likeness (QED) is 0.867. The fourth-order valence-corrected chi connectivity index (χ4v) is 3.88. The molecular formula is C15H21N3OS. The molecule has 3 rings (SSSR count). The molecule has 0 aromatic carbocycles. The molecule has 0 aliphatic carbocycles. The summed E-state index contributed by atoms with van der Waals surface area (Å²) in [6.45, 7) is 6.00. The highest BCUT2D eigenvalue weighted by Gasteiger charge is 2.28. The standard InChI is InChI=1S/C15H21N3OS/c1-11-4-5-20-15(11)9-18-7-12(10-19-3)13-6-16-17(2)14(13)8-18/h4-6,12H,7-10H2,1-3H3. The van der Waals surface area contributed by atoms with Crippen molar-refractivity contribution in [2.24, 2.45) is 7.05 Å². The molecule has 3 heterocycles. The lowest BCUT2D eigenvalue weighted by atomic mass is 9.95. The molecule has 0 bridgehead atoms. The number of nitrogens with zero attached hydrogens (tertiary/aromatic N) is 3. The van der Waals surface area contributed by atoms with Crippen LogP contribution in [0, 0.1) is 6.92 Å². The van der Waals surface area contributed by atoms with Crippen molar-refractivity contribution in [1.82, 2.24) is 14.7 Å². The first-order valence-electron chi connectivity index (χ1n) is 6.94. The summed E-state index contributed by atoms with van der Waals surface area (Å²) in [6, 6.07) is 2.20. The van der Waals surface area contributed by atoms with E-state index in [9.17, 15) is 0 Å². The molecular weight excluding hydrogens is 270 g/mol. The summed E-state index contributed by atoms with van der Waals surface area (Å²) >= 11 is 1.85. The van der Waals surface area contributed by atoms with E-state index in [1.165, 1.54) is 21.7 Å². The molecule has 0 radical (unpaired) electrons. The SMILES string of the molecule is COCC1CN(Cc2sccc2C)Cc2c1cnn2C. The molecule has 1 aliphatic heterocycles. The molecule has 1 aliphatic rings. The number of thiophene rings is 1. The molecule has 0 N–H and O–H groups in total. The van der Waals surface area contributed by atoms with Crippen molar-refractivity contribution in [3.05, 3.63) is 39.3 Å². The molecule has 0 spiro atoms. The highest BCUT2D eigenvalue weighted by atomic mass is 32.1. The number of hydrogen-bond donors (Lipinski definition) is 0. The minimum atomic E-state index is 0.428. The molecule has 1 atom stereocenters. The molecule has 2 aromatic heterocycles. The van der Waals surface area contributed by atoms with E-state index in [4.69, 9.17) is 4.74 Å². The van der Waals surface area contributed by atoms with Crippen molar-refractivity contribution >= 4 is 11.3 Å². The Morgan fingerprint density at radius 2 is 2.35 bits per heavy atom. The van der Waals surface area contributed by atoms with Gasteiger partial charge < -0.3 is 4.74 Å². The zero-order valence-electron chi connectivity index (χ0n) is 12.3. The van der Waals surface area contributed by atoms with Crippen LogP contribution < -0.4 is 0 Å². The largest absolute Gasteiger partial charge is 0.384 e. The second-order valence-corrected chi connectivity index (χ2v) is 6.52. The summed E-state index contributed by atoms with van der Waals surface area (Å²) in [5, 5.41) is 6.59. The minimum Gasteiger partial charge on any atom is -0.384 e. The summed E-state index contributed by atoms with van der Waals surface area (Å²) in [5.41, 5.74) is 4.08. The number of hydrogen-bond acceptors (Lipinski definition) is 4. The Labute approximate surface area is 124 Å². The van der Waals surface area contributed by atoms with Crippen LogP contribution in [0.1, 0.15) is 27.6 Å². The second kappa shape index (κ2) is 5.68. The molecule has 4 nitrogen and oxygen atoms in total. The Morgan fingerprint density at radius 1 is 1.50 bits per heavy atom. The predicted octanol–water partition coefficient (Wildman–Crippen LogP) is 2.54. The van der Waals surface area contributed by atoms with E-state index in [2.05, 4.69) is 28.4 Å². The molecule has 5 heteroatoms. The van der Waals surface area contributed by atoms with Crippen LogP contribution in [0.4, 0.5) is 0 Å². The van der Waals surface area contributed by atoms with Crippen LogP contribution in [-0.2, 0) is 24.9 Å². The average Bonchev–Trinajstić information content (AvgIpc) is 2.99. The first kappa shape index (κ1) is 13.8. The Hall–Kier alpha value is -1.17. The van der Waals surface area contributed by atoms with E-state index in [1.807, 2.05) is 29.3 Å². The lowest BCUT2D eigenvalue weighted by Crippen LogP contribution is -2.35. The van der Waals surface area contributed by atoms with Crippen molar-refractivity contribution in [1.29, 1.82) is 0 Å². The molecule has 20 heavy (non-hydrogen) atoms. The highest BCUT2D eigenvalue weighted by Crippen LogP contribution is 2.30. The zero-order chi connectivity index (χ0) is 14.1. The molecule has 1 unspecified atom stereocenters. The van der Waals surface area contributed by atoms with E-state index in [1.54, 1.807) is 7.11 Å². The summed E-state index contributed by atoms with van der Waals surface area (Å²) in [5.74, 6) is 0.428. The third-order valence-corrected chi connectivity index (χ3v) is 5.10. The number of rotatable bonds is 4. The van der Waals surface area contributed by atoms with E-state index in [0.29, 0.717) is 5.92 Å². The summed E-state index contributed by atoms with van der Waals surface area (Å²) in [4.78, 5) is 3.97. The molecule has 0 amide bonds. The maximum atomic E-state index is 5.39. The molecule has 0 saturated carbocycles. The summed E-state index contributed by atoms with van der Waals surface area (Å²) in [6.07, 6.45) is 2.01. The summed E-state index contributed by atoms with van der Waals surface area (Å²) < 4.78 is 7.40. The third kappa shape index (κ3) is 2.53. The maximum Gasteiger partial charge on any atom is 0.0557 e. The number of fused-ring (bicyclic) bond motifs is 1. The van der Waals surface area contributed by atoms with Gasteiger partial charge in [-0.1, -0.05) is 0 Å². The van der Waals surface area contributed by atoms with Gasteiger partial charge in [0.2, 0.25) is 0 Å². The van der Waals surface area contributed by atoms with Gasteiger partial charge in [-0.2, -0.15) is 5.10 Å². The van der Waals surface area contributed by atoms with Crippen molar-refractivity contribution in [3.63, 3.8) is 0 Å². The van der Waals surface area contributed by atoms with Crippen molar-refractivity contribution in [2.75, 3.05) is 20.3 Å². The topological polar surface area (TPSA) is 30.3 Å². The number of aromatic nitrogens is 2. The van der Waals surface area contributed by atoms with E-state index >= 15 is 0 Å². The van der Waals surface area contributed by atoms with Gasteiger partial charge in [-0.3, -0.25) is 9.58 Å². The fraction of sp³-hybridized carbons (Fsp3) is 0.533. The second-order valence-electron chi connectivity index (χ2n) is 5.52. The van der Waals surface area contributed by atoms with Gasteiger partial charge in [0.25, 0.3) is 0 Å². The lowest BCUT2D eigenvalue weighted by molar-refractivity contribution is 0.135. The smallest absolute Gasteiger partial charge is 0.0557 e. The number of aryl methyl sites for hydroxylation is 2. The predicted molar refractivity (Wildman–Crippen MR) is 81.0 cm³/mol. The van der Waals surface area contributed by atoms with Gasteiger partial charge in [0.05, 0.1) is 18.5 Å². The number of ether oxygens (including phenoxy) is 1. The van der Waals surface area contributed by atoms with Gasteiger partial charge in [-0.25, -0.2) is 0 Å². The van der Waals surface area contributed by atoms with E-state index < -0.39 is 0 Å². The fourth-order valence-electron chi connectivity index (χ4n) is 2.93. The molecule has 0 fully saturated rings. The summed E-state index contributed by atoms with van der Waals surface area (Å²) in [7, 11) is 3.81. The molecule has 0 saturated heterocycles. The Morgan fingerprint density at radius 3 is 3.05 bits per heavy atom. The van der Waals surface area contributed by atoms with Crippen LogP contribution in [-0.4, -0.2) is 34.9 Å². The van der Waals surface area contributed by atoms with Crippen LogP contribution in [0.3, 0.4) is 0 Å². The van der Waals surface area contributed by atoms with E-state index in [0.717, 1.165) is 26.2 Å². The maximum absolute atomic E-state index is 5.39. The van der Waals surface area contributed by atoms with Crippen LogP contribution in [0.2, 0.25) is 0 Å². The highest BCUT2D eigenvalue weighted by molar-refractivity contribution is 7.10. The Kier molecular flexibility index (Phi) is 3.92. The first-order valence-corrected chi connectivity index (χ1v) is 7.82. The van der Waals surface area contributed by atoms with Gasteiger partial charge >= 0.3 is 0 Å². The van der Waals surface area contributed by atoms with Crippen LogP contribution in [0.5, 0.6) is 0 Å². The lowest BCUT2D eigenvalue weighted by Gasteiger charge is -2.32. The first-order chi connectivity index (χ1) is 9.69. The Bertz CT molecular complexity index is 590. The Balaban J connectivity index is 1.82. The van der Waals surface area contributed by atoms with Gasteiger partial charge in [-0.15, -0.1) is 11.3 Å². The van der Waals surface area contributed by atoms with Crippen molar-refractivity contribution in [2.45, 2.75) is 25.9 Å². The van der Waals surface area contributed by atoms with E-state index in [-0.39, 0.29) is 0 Å². The van der Waals surface area contributed by atoms with Crippen LogP contribution in [0.15, 0.2) is 17.6 Å². The van der Waals surface area contributed by atoms with Crippen molar-refractivity contribution in [3.8, 4) is 0 Å². The van der Waals surface area contributed by atoms with Gasteiger partial charge in [-0.05, 0) is 23.9 Å². The van der Waals surface area contributed by atoms with Gasteiger partial charge in [0.1, 0.15) is 0 Å². The molecule has 108 valence electrons.